The van der Waals surface area contributed by atoms with Crippen molar-refractivity contribution >= 4 is 22.8 Å². The van der Waals surface area contributed by atoms with Crippen molar-refractivity contribution in [2.45, 2.75) is 33.2 Å². The first-order valence-corrected chi connectivity index (χ1v) is 12.0. The van der Waals surface area contributed by atoms with Crippen LogP contribution in [-0.4, -0.2) is 18.7 Å². The highest BCUT2D eigenvalue weighted by Crippen LogP contribution is 2.26. The molecule has 0 fully saturated rings. The quantitative estimate of drug-likeness (QED) is 0.316. The molecule has 0 aliphatic rings. The van der Waals surface area contributed by atoms with Gasteiger partial charge in [-0.2, -0.15) is 0 Å². The van der Waals surface area contributed by atoms with Gasteiger partial charge in [0, 0.05) is 17.1 Å². The summed E-state index contributed by atoms with van der Waals surface area (Å²) in [6.45, 7) is 6.46. The second kappa shape index (κ2) is 9.04. The Labute approximate surface area is 207 Å². The lowest BCUT2D eigenvalue weighted by atomic mass is 10.0. The number of hydrogen-bond acceptors (Lipinski definition) is 3. The van der Waals surface area contributed by atoms with Crippen LogP contribution in [0.2, 0.25) is 5.02 Å². The van der Waals surface area contributed by atoms with Crippen LogP contribution in [0.1, 0.15) is 32.3 Å². The fraction of sp³-hybridized carbons (Fsp3) is 0.179. The summed E-state index contributed by atoms with van der Waals surface area (Å²) < 4.78 is 4.55. The molecule has 0 saturated carbocycles. The Morgan fingerprint density at radius 2 is 1.46 bits per heavy atom. The van der Waals surface area contributed by atoms with Gasteiger partial charge in [0.05, 0.1) is 11.4 Å². The van der Waals surface area contributed by atoms with Crippen LogP contribution < -0.4 is 11.2 Å². The van der Waals surface area contributed by atoms with Gasteiger partial charge in [-0.3, -0.25) is 13.9 Å². The minimum atomic E-state index is -0.311. The summed E-state index contributed by atoms with van der Waals surface area (Å²) in [5, 5.41) is 0.569. The molecule has 2 heterocycles. The van der Waals surface area contributed by atoms with Crippen molar-refractivity contribution in [2.24, 2.45) is 0 Å². The van der Waals surface area contributed by atoms with Gasteiger partial charge in [-0.05, 0) is 54.8 Å². The molecule has 35 heavy (non-hydrogen) atoms. The molecular formula is C28H25ClN4O2. The van der Waals surface area contributed by atoms with Gasteiger partial charge >= 0.3 is 5.69 Å². The third kappa shape index (κ3) is 3.90. The number of fused-ring (bicyclic) bond motifs is 1. The number of aromatic nitrogens is 4. The highest BCUT2D eigenvalue weighted by molar-refractivity contribution is 6.30. The number of para-hydroxylation sites is 1. The Bertz CT molecular complexity index is 1630. The number of imidazole rings is 1. The molecule has 0 aliphatic heterocycles. The molecule has 0 bridgehead atoms. The van der Waals surface area contributed by atoms with Crippen LogP contribution in [0.25, 0.3) is 33.9 Å². The van der Waals surface area contributed by atoms with Gasteiger partial charge in [-0.15, -0.1) is 0 Å². The molecule has 0 radical (unpaired) electrons. The van der Waals surface area contributed by atoms with Gasteiger partial charge in [0.15, 0.2) is 11.2 Å². The van der Waals surface area contributed by atoms with Crippen LogP contribution in [0.15, 0.2) is 88.5 Å². The van der Waals surface area contributed by atoms with E-state index in [1.807, 2.05) is 61.5 Å². The van der Waals surface area contributed by atoms with E-state index in [-0.39, 0.29) is 16.8 Å². The molecule has 0 amide bonds. The van der Waals surface area contributed by atoms with Gasteiger partial charge in [0.1, 0.15) is 5.82 Å². The summed E-state index contributed by atoms with van der Waals surface area (Å²) in [6, 6.07) is 24.3. The van der Waals surface area contributed by atoms with E-state index in [2.05, 4.69) is 13.8 Å². The zero-order chi connectivity index (χ0) is 24.7. The highest BCUT2D eigenvalue weighted by atomic mass is 35.5. The van der Waals surface area contributed by atoms with E-state index < -0.39 is 0 Å². The molecule has 5 rings (SSSR count). The Kier molecular flexibility index (Phi) is 5.91. The van der Waals surface area contributed by atoms with Crippen molar-refractivity contribution in [3.05, 3.63) is 110 Å². The predicted molar refractivity (Wildman–Crippen MR) is 141 cm³/mol. The number of benzene rings is 3. The monoisotopic (exact) mass is 484 g/mol. The average molecular weight is 485 g/mol. The first kappa shape index (κ1) is 22.9. The lowest BCUT2D eigenvalue weighted by Gasteiger charge is -2.15. The van der Waals surface area contributed by atoms with Crippen LogP contribution in [0.5, 0.6) is 0 Å². The van der Waals surface area contributed by atoms with E-state index in [0.717, 1.165) is 5.56 Å². The molecular weight excluding hydrogens is 460 g/mol. The fourth-order valence-corrected chi connectivity index (χ4v) is 4.47. The van der Waals surface area contributed by atoms with Crippen LogP contribution in [0.4, 0.5) is 0 Å². The standard InChI is InChI=1S/C28H25ClN4O2/c1-4-31-24-26(33(28(31)35)22-8-6-5-7-9-22)30-25(20-12-10-19(11-13-20)18(2)3)32(27(24)34)23-16-14-21(29)15-17-23/h5-18H,4H2,1-3H3. The first-order chi connectivity index (χ1) is 16.9. The average Bonchev–Trinajstić information content (AvgIpc) is 3.16. The molecule has 0 unspecified atom stereocenters. The van der Waals surface area contributed by atoms with Crippen molar-refractivity contribution in [3.63, 3.8) is 0 Å². The fourth-order valence-electron chi connectivity index (χ4n) is 4.34. The van der Waals surface area contributed by atoms with Crippen molar-refractivity contribution in [3.8, 4) is 22.8 Å². The molecule has 3 aromatic carbocycles. The third-order valence-electron chi connectivity index (χ3n) is 6.20. The molecule has 6 nitrogen and oxygen atoms in total. The number of nitrogens with zero attached hydrogens (tertiary/aromatic N) is 4. The van der Waals surface area contributed by atoms with Crippen LogP contribution in [0, 0.1) is 0 Å². The van der Waals surface area contributed by atoms with E-state index in [1.54, 1.807) is 28.8 Å². The lowest BCUT2D eigenvalue weighted by Crippen LogP contribution is -2.26. The number of aryl methyl sites for hydroxylation is 1. The Morgan fingerprint density at radius 1 is 0.829 bits per heavy atom. The van der Waals surface area contributed by atoms with E-state index in [9.17, 15) is 9.59 Å². The van der Waals surface area contributed by atoms with Crippen molar-refractivity contribution < 1.29 is 0 Å². The van der Waals surface area contributed by atoms with Gasteiger partial charge in [-0.1, -0.05) is 67.9 Å². The summed E-state index contributed by atoms with van der Waals surface area (Å²) in [5.74, 6) is 0.831. The second-order valence-corrected chi connectivity index (χ2v) is 9.14. The van der Waals surface area contributed by atoms with Crippen LogP contribution >= 0.6 is 11.6 Å². The van der Waals surface area contributed by atoms with Crippen molar-refractivity contribution in [1.82, 2.24) is 18.7 Å². The lowest BCUT2D eigenvalue weighted by molar-refractivity contribution is 0.730. The molecule has 0 aliphatic carbocycles. The van der Waals surface area contributed by atoms with Gasteiger partial charge < -0.3 is 0 Å². The number of halogens is 1. The minimum absolute atomic E-state index is 0.263. The van der Waals surface area contributed by atoms with Crippen molar-refractivity contribution in [1.29, 1.82) is 0 Å². The Balaban J connectivity index is 1.91. The molecule has 5 aromatic rings. The SMILES string of the molecule is CCn1c(=O)n(-c2ccccc2)c2nc(-c3ccc(C(C)C)cc3)n(-c3ccc(Cl)cc3)c(=O)c21. The largest absolute Gasteiger partial charge is 0.335 e. The second-order valence-electron chi connectivity index (χ2n) is 8.70. The summed E-state index contributed by atoms with van der Waals surface area (Å²) in [5.41, 5.74) is 3.24. The zero-order valence-electron chi connectivity index (χ0n) is 19.8. The molecule has 7 heteroatoms. The molecule has 0 spiro atoms. The Hall–Kier alpha value is -3.90. The topological polar surface area (TPSA) is 61.8 Å². The predicted octanol–water partition coefficient (Wildman–Crippen LogP) is 5.80. The van der Waals surface area contributed by atoms with E-state index >= 15 is 0 Å². The summed E-state index contributed by atoms with van der Waals surface area (Å²) >= 11 is 6.13. The van der Waals surface area contributed by atoms with E-state index in [4.69, 9.17) is 16.6 Å². The highest BCUT2D eigenvalue weighted by Gasteiger charge is 2.23. The molecule has 2 aromatic heterocycles. The van der Waals surface area contributed by atoms with Gasteiger partial charge in [0.2, 0.25) is 0 Å². The normalized spacial score (nSPS) is 11.5. The van der Waals surface area contributed by atoms with Crippen LogP contribution in [-0.2, 0) is 6.54 Å². The maximum atomic E-state index is 14.1. The number of hydrogen-bond donors (Lipinski definition) is 0. The Morgan fingerprint density at radius 3 is 2.06 bits per heavy atom. The maximum absolute atomic E-state index is 14.1. The minimum Gasteiger partial charge on any atom is -0.286 e. The van der Waals surface area contributed by atoms with E-state index in [1.165, 1.54) is 14.7 Å². The molecule has 0 N–H and O–H groups in total. The smallest absolute Gasteiger partial charge is 0.286 e. The third-order valence-corrected chi connectivity index (χ3v) is 6.45. The first-order valence-electron chi connectivity index (χ1n) is 11.6. The van der Waals surface area contributed by atoms with Gasteiger partial charge in [0.25, 0.3) is 5.56 Å². The summed E-state index contributed by atoms with van der Waals surface area (Å²) in [4.78, 5) is 32.5. The maximum Gasteiger partial charge on any atom is 0.335 e. The molecule has 176 valence electrons. The molecule has 0 atom stereocenters. The summed E-state index contributed by atoms with van der Waals surface area (Å²) in [6.07, 6.45) is 0. The van der Waals surface area contributed by atoms with Crippen LogP contribution in [0.3, 0.4) is 0 Å². The van der Waals surface area contributed by atoms with Gasteiger partial charge in [-0.25, -0.2) is 14.3 Å². The van der Waals surface area contributed by atoms with E-state index in [0.29, 0.717) is 40.3 Å². The van der Waals surface area contributed by atoms with Crippen molar-refractivity contribution in [2.75, 3.05) is 0 Å². The summed E-state index contributed by atoms with van der Waals surface area (Å²) in [7, 11) is 0. The molecule has 0 saturated heterocycles. The number of rotatable bonds is 5. The zero-order valence-corrected chi connectivity index (χ0v) is 20.5.